The van der Waals surface area contributed by atoms with Gasteiger partial charge in [0, 0.05) is 23.6 Å². The van der Waals surface area contributed by atoms with Crippen LogP contribution in [-0.4, -0.2) is 19.6 Å². The smallest absolute Gasteiger partial charge is 0.285 e. The largest absolute Gasteiger partial charge is 0.337 e. The van der Waals surface area contributed by atoms with Gasteiger partial charge in [0.1, 0.15) is 6.54 Å². The number of aromatic nitrogens is 3. The van der Waals surface area contributed by atoms with Gasteiger partial charge in [0.05, 0.1) is 11.1 Å². The van der Waals surface area contributed by atoms with Gasteiger partial charge in [-0.25, -0.2) is 0 Å². The van der Waals surface area contributed by atoms with E-state index >= 15 is 0 Å². The summed E-state index contributed by atoms with van der Waals surface area (Å²) in [6.07, 6.45) is 1.57. The predicted octanol–water partition coefficient (Wildman–Crippen LogP) is 2.43. The molecule has 2 heterocycles. The van der Waals surface area contributed by atoms with Gasteiger partial charge < -0.3 is 4.52 Å². The Morgan fingerprint density at radius 1 is 1.29 bits per heavy atom. The molecule has 0 radical (unpaired) electrons. The molecule has 1 aromatic carbocycles. The zero-order chi connectivity index (χ0) is 17.1. The van der Waals surface area contributed by atoms with Crippen LogP contribution in [0, 0.1) is 10.1 Å². The molecular weight excluding hydrogens is 336 g/mol. The topological polar surface area (TPSA) is 104 Å². The first-order valence-electron chi connectivity index (χ1n) is 6.92. The lowest BCUT2D eigenvalue weighted by molar-refractivity contribution is -0.385. The average molecular weight is 347 g/mol. The third-order valence-corrected chi connectivity index (χ3v) is 3.48. The van der Waals surface area contributed by atoms with Crippen molar-refractivity contribution in [2.75, 3.05) is 0 Å². The quantitative estimate of drug-likeness (QED) is 0.519. The van der Waals surface area contributed by atoms with Crippen LogP contribution in [0.15, 0.2) is 51.9 Å². The van der Waals surface area contributed by atoms with Crippen LogP contribution < -0.4 is 5.56 Å². The van der Waals surface area contributed by atoms with Crippen LogP contribution in [0.5, 0.6) is 0 Å². The maximum atomic E-state index is 11.8. The number of nitro groups is 1. The molecule has 0 aliphatic heterocycles. The van der Waals surface area contributed by atoms with Crippen molar-refractivity contribution >= 4 is 17.3 Å². The molecule has 0 unspecified atom stereocenters. The van der Waals surface area contributed by atoms with Crippen LogP contribution in [0.3, 0.4) is 0 Å². The minimum Gasteiger partial charge on any atom is -0.337 e. The normalized spacial score (nSPS) is 10.7. The lowest BCUT2D eigenvalue weighted by Crippen LogP contribution is -2.19. The second kappa shape index (κ2) is 6.63. The van der Waals surface area contributed by atoms with Crippen molar-refractivity contribution < 1.29 is 9.45 Å². The summed E-state index contributed by atoms with van der Waals surface area (Å²) >= 11 is 5.92. The molecule has 0 fully saturated rings. The van der Waals surface area contributed by atoms with Crippen molar-refractivity contribution in [3.63, 3.8) is 0 Å². The number of halogens is 1. The Morgan fingerprint density at radius 2 is 2.12 bits per heavy atom. The van der Waals surface area contributed by atoms with Crippen LogP contribution in [0.1, 0.15) is 17.3 Å². The summed E-state index contributed by atoms with van der Waals surface area (Å²) in [5, 5.41) is 15.2. The summed E-state index contributed by atoms with van der Waals surface area (Å²) in [5.41, 5.74) is 0.339. The Hall–Kier alpha value is -3.00. The van der Waals surface area contributed by atoms with E-state index in [1.54, 1.807) is 12.1 Å². The van der Waals surface area contributed by atoms with E-state index in [0.29, 0.717) is 17.3 Å². The van der Waals surface area contributed by atoms with E-state index in [1.807, 2.05) is 12.1 Å². The van der Waals surface area contributed by atoms with Crippen LogP contribution in [-0.2, 0) is 13.0 Å². The minimum absolute atomic E-state index is 0.0386. The molecule has 0 atom stereocenters. The highest BCUT2D eigenvalue weighted by Gasteiger charge is 2.12. The summed E-state index contributed by atoms with van der Waals surface area (Å²) in [4.78, 5) is 26.2. The number of benzene rings is 1. The molecule has 0 bridgehead atoms. The number of nitrogens with zero attached hydrogens (tertiary/aromatic N) is 4. The van der Waals surface area contributed by atoms with Crippen LogP contribution >= 0.6 is 11.6 Å². The maximum absolute atomic E-state index is 11.8. The Morgan fingerprint density at radius 3 is 2.88 bits per heavy atom. The van der Waals surface area contributed by atoms with E-state index < -0.39 is 10.5 Å². The van der Waals surface area contributed by atoms with Gasteiger partial charge in [0.2, 0.25) is 5.89 Å². The van der Waals surface area contributed by atoms with Crippen LogP contribution in [0.4, 0.5) is 5.69 Å². The summed E-state index contributed by atoms with van der Waals surface area (Å²) in [7, 11) is 0. The first-order valence-corrected chi connectivity index (χ1v) is 7.30. The fraction of sp³-hybridized carbons (Fsp3) is 0.133. The Bertz CT molecular complexity index is 950. The first-order chi connectivity index (χ1) is 11.5. The molecule has 0 spiro atoms. The summed E-state index contributed by atoms with van der Waals surface area (Å²) in [6, 6.07) is 9.54. The highest BCUT2D eigenvalue weighted by molar-refractivity contribution is 6.30. The number of hydrogen-bond donors (Lipinski definition) is 0. The second-order valence-electron chi connectivity index (χ2n) is 5.02. The molecule has 9 heteroatoms. The van der Waals surface area contributed by atoms with Crippen molar-refractivity contribution in [2.45, 2.75) is 13.0 Å². The van der Waals surface area contributed by atoms with Gasteiger partial charge in [-0.2, -0.15) is 4.98 Å². The molecule has 24 heavy (non-hydrogen) atoms. The molecule has 0 aliphatic rings. The average Bonchev–Trinajstić information content (AvgIpc) is 2.96. The molecule has 122 valence electrons. The third-order valence-electron chi connectivity index (χ3n) is 3.25. The van der Waals surface area contributed by atoms with Gasteiger partial charge in [-0.15, -0.1) is 0 Å². The van der Waals surface area contributed by atoms with Gasteiger partial charge in [0.15, 0.2) is 5.82 Å². The van der Waals surface area contributed by atoms with Crippen molar-refractivity contribution in [1.82, 2.24) is 14.7 Å². The summed E-state index contributed by atoms with van der Waals surface area (Å²) in [5.74, 6) is 0.625. The van der Waals surface area contributed by atoms with E-state index in [-0.39, 0.29) is 18.1 Å². The molecule has 0 amide bonds. The Balaban J connectivity index is 1.78. The monoisotopic (exact) mass is 346 g/mol. The van der Waals surface area contributed by atoms with Gasteiger partial charge in [0.25, 0.3) is 11.2 Å². The number of rotatable bonds is 5. The molecule has 3 aromatic rings. The van der Waals surface area contributed by atoms with Crippen LogP contribution in [0.2, 0.25) is 5.02 Å². The highest BCUT2D eigenvalue weighted by Crippen LogP contribution is 2.14. The fourth-order valence-electron chi connectivity index (χ4n) is 2.15. The summed E-state index contributed by atoms with van der Waals surface area (Å²) < 4.78 is 6.25. The molecule has 2 aromatic heterocycles. The highest BCUT2D eigenvalue weighted by atomic mass is 35.5. The van der Waals surface area contributed by atoms with Crippen molar-refractivity contribution in [2.24, 2.45) is 0 Å². The molecular formula is C15H11ClN4O4. The number of hydrogen-bond acceptors (Lipinski definition) is 6. The predicted molar refractivity (Wildman–Crippen MR) is 85.0 cm³/mol. The van der Waals surface area contributed by atoms with Crippen LogP contribution in [0.25, 0.3) is 0 Å². The van der Waals surface area contributed by atoms with E-state index in [9.17, 15) is 14.9 Å². The van der Waals surface area contributed by atoms with Crippen molar-refractivity contribution in [1.29, 1.82) is 0 Å². The van der Waals surface area contributed by atoms with E-state index in [4.69, 9.17) is 16.1 Å². The van der Waals surface area contributed by atoms with Gasteiger partial charge >= 0.3 is 0 Å². The van der Waals surface area contributed by atoms with Gasteiger partial charge in [-0.3, -0.25) is 19.5 Å². The molecule has 8 nitrogen and oxygen atoms in total. The lowest BCUT2D eigenvalue weighted by atomic mass is 10.1. The van der Waals surface area contributed by atoms with E-state index in [1.165, 1.54) is 0 Å². The number of pyridine rings is 1. The van der Waals surface area contributed by atoms with Gasteiger partial charge in [-0.1, -0.05) is 28.9 Å². The van der Waals surface area contributed by atoms with E-state index in [2.05, 4.69) is 10.1 Å². The van der Waals surface area contributed by atoms with Gasteiger partial charge in [-0.05, 0) is 17.7 Å². The fourth-order valence-corrected chi connectivity index (χ4v) is 2.36. The van der Waals surface area contributed by atoms with E-state index in [0.717, 1.165) is 28.5 Å². The molecule has 0 N–H and O–H groups in total. The molecule has 0 saturated carbocycles. The SMILES string of the molecule is O=c1ccc([N+](=O)[O-])cn1Cc1nc(Cc2cccc(Cl)c2)no1. The molecule has 0 saturated heterocycles. The first kappa shape index (κ1) is 15.9. The Labute approximate surface area is 140 Å². The molecule has 3 rings (SSSR count). The maximum Gasteiger partial charge on any atom is 0.285 e. The lowest BCUT2D eigenvalue weighted by Gasteiger charge is -2.00. The standard InChI is InChI=1S/C15H11ClN4O4/c16-11-3-1-2-10(6-11)7-13-17-14(24-18-13)9-19-8-12(20(22)23)4-5-15(19)21/h1-6,8H,7,9H2. The summed E-state index contributed by atoms with van der Waals surface area (Å²) in [6.45, 7) is -0.0386. The second-order valence-corrected chi connectivity index (χ2v) is 5.46. The minimum atomic E-state index is -0.575. The van der Waals surface area contributed by atoms with Crippen molar-refractivity contribution in [3.8, 4) is 0 Å². The Kier molecular flexibility index (Phi) is 4.39. The molecule has 0 aliphatic carbocycles. The zero-order valence-electron chi connectivity index (χ0n) is 12.3. The van der Waals surface area contributed by atoms with Crippen molar-refractivity contribution in [3.05, 3.63) is 85.4 Å². The third kappa shape index (κ3) is 3.66. The zero-order valence-corrected chi connectivity index (χ0v) is 13.0.